The van der Waals surface area contributed by atoms with Crippen LogP contribution in [0.1, 0.15) is 31.1 Å². The van der Waals surface area contributed by atoms with Gasteiger partial charge in [-0.2, -0.15) is 0 Å². The largest absolute Gasteiger partial charge is 0.351 e. The lowest BCUT2D eigenvalue weighted by Gasteiger charge is -2.19. The third-order valence-electron chi connectivity index (χ3n) is 2.71. The molecule has 4 nitrogen and oxygen atoms in total. The Balaban J connectivity index is 2.61. The van der Waals surface area contributed by atoms with Gasteiger partial charge in [0.2, 0.25) is 0 Å². The van der Waals surface area contributed by atoms with E-state index in [-0.39, 0.29) is 18.2 Å². The maximum atomic E-state index is 11.9. The van der Waals surface area contributed by atoms with Gasteiger partial charge in [0.05, 0.1) is 16.1 Å². The van der Waals surface area contributed by atoms with Crippen molar-refractivity contribution in [3.8, 4) is 0 Å². The van der Waals surface area contributed by atoms with Crippen molar-refractivity contribution >= 4 is 31.7 Å². The van der Waals surface area contributed by atoms with Gasteiger partial charge in [-0.15, -0.1) is 0 Å². The van der Waals surface area contributed by atoms with Crippen molar-refractivity contribution in [3.63, 3.8) is 0 Å². The minimum absolute atomic E-state index is 0.0628. The summed E-state index contributed by atoms with van der Waals surface area (Å²) in [6.45, 7) is 5.06. The van der Waals surface area contributed by atoms with E-state index in [0.29, 0.717) is 10.0 Å². The number of benzene rings is 1. The Labute approximate surface area is 122 Å². The van der Waals surface area contributed by atoms with Gasteiger partial charge in [-0.05, 0) is 48.8 Å². The van der Waals surface area contributed by atoms with Gasteiger partial charge in [0.15, 0.2) is 9.84 Å². The number of sulfone groups is 1. The van der Waals surface area contributed by atoms with Gasteiger partial charge in [-0.3, -0.25) is 4.79 Å². The lowest BCUT2D eigenvalue weighted by atomic mass is 10.2. The molecule has 6 heteroatoms. The molecule has 0 aromatic heterocycles. The van der Waals surface area contributed by atoms with Crippen LogP contribution in [0.3, 0.4) is 0 Å². The van der Waals surface area contributed by atoms with Crippen molar-refractivity contribution in [1.82, 2.24) is 5.32 Å². The highest BCUT2D eigenvalue weighted by Crippen LogP contribution is 2.16. The summed E-state index contributed by atoms with van der Waals surface area (Å²) in [6, 6.07) is 7.01. The normalized spacial score (nSPS) is 12.2. The summed E-state index contributed by atoms with van der Waals surface area (Å²) in [5.41, 5.74) is 0.496. The molecule has 106 valence electrons. The van der Waals surface area contributed by atoms with Crippen LogP contribution >= 0.6 is 15.9 Å². The zero-order chi connectivity index (χ0) is 14.7. The fourth-order valence-corrected chi connectivity index (χ4v) is 2.79. The number of amides is 1. The van der Waals surface area contributed by atoms with Crippen molar-refractivity contribution in [1.29, 1.82) is 0 Å². The number of nitrogens with one attached hydrogen (secondary N) is 1. The lowest BCUT2D eigenvalue weighted by Crippen LogP contribution is -2.36. The smallest absolute Gasteiger partial charge is 0.252 e. The molecule has 0 spiro atoms. The van der Waals surface area contributed by atoms with E-state index >= 15 is 0 Å². The Morgan fingerprint density at radius 2 is 1.84 bits per heavy atom. The lowest BCUT2D eigenvalue weighted by molar-refractivity contribution is 0.0955. The standard InChI is InChI=1S/C13H18BrNO3S/c1-13(2,3)19(17,18)9-8-15-12(16)10-6-4-5-7-11(10)14/h4-7H,8-9H2,1-3H3,(H,15,16). The molecule has 0 atom stereocenters. The van der Waals surface area contributed by atoms with Crippen molar-refractivity contribution in [2.24, 2.45) is 0 Å². The first-order valence-electron chi connectivity index (χ1n) is 5.90. The molecule has 1 aromatic rings. The molecule has 0 fully saturated rings. The summed E-state index contributed by atoms with van der Waals surface area (Å²) in [7, 11) is -3.21. The van der Waals surface area contributed by atoms with Crippen molar-refractivity contribution < 1.29 is 13.2 Å². The van der Waals surface area contributed by atoms with E-state index in [1.807, 2.05) is 6.07 Å². The monoisotopic (exact) mass is 347 g/mol. The number of rotatable bonds is 4. The number of carbonyl (C=O) groups is 1. The van der Waals surface area contributed by atoms with E-state index in [9.17, 15) is 13.2 Å². The van der Waals surface area contributed by atoms with Gasteiger partial charge in [0.1, 0.15) is 0 Å². The molecule has 1 aromatic carbocycles. The Kier molecular flexibility index (Phi) is 5.15. The molecule has 19 heavy (non-hydrogen) atoms. The van der Waals surface area contributed by atoms with E-state index in [1.165, 1.54) is 0 Å². The fraction of sp³-hybridized carbons (Fsp3) is 0.462. The van der Waals surface area contributed by atoms with E-state index in [2.05, 4.69) is 21.2 Å². The van der Waals surface area contributed by atoms with Crippen LogP contribution in [-0.2, 0) is 9.84 Å². The number of carbonyl (C=O) groups excluding carboxylic acids is 1. The number of halogens is 1. The molecular weight excluding hydrogens is 330 g/mol. The number of hydrogen-bond donors (Lipinski definition) is 1. The van der Waals surface area contributed by atoms with E-state index < -0.39 is 14.6 Å². The average Bonchev–Trinajstić information content (AvgIpc) is 2.27. The van der Waals surface area contributed by atoms with Crippen LogP contribution in [0.5, 0.6) is 0 Å². The maximum Gasteiger partial charge on any atom is 0.252 e. The van der Waals surface area contributed by atoms with Crippen LogP contribution in [0.15, 0.2) is 28.7 Å². The molecule has 0 bridgehead atoms. The molecule has 1 N–H and O–H groups in total. The van der Waals surface area contributed by atoms with Crippen molar-refractivity contribution in [2.45, 2.75) is 25.5 Å². The zero-order valence-electron chi connectivity index (χ0n) is 11.2. The topological polar surface area (TPSA) is 63.2 Å². The summed E-state index contributed by atoms with van der Waals surface area (Å²) in [4.78, 5) is 11.9. The Morgan fingerprint density at radius 3 is 2.37 bits per heavy atom. The summed E-state index contributed by atoms with van der Waals surface area (Å²) in [6.07, 6.45) is 0. The van der Waals surface area contributed by atoms with Crippen LogP contribution in [0.2, 0.25) is 0 Å². The average molecular weight is 348 g/mol. The van der Waals surface area contributed by atoms with Gasteiger partial charge in [-0.1, -0.05) is 12.1 Å². The van der Waals surface area contributed by atoms with Crippen LogP contribution < -0.4 is 5.32 Å². The van der Waals surface area contributed by atoms with Gasteiger partial charge in [0, 0.05) is 11.0 Å². The Hall–Kier alpha value is -0.880. The molecule has 0 unspecified atom stereocenters. The van der Waals surface area contributed by atoms with Crippen LogP contribution in [0.4, 0.5) is 0 Å². The first kappa shape index (κ1) is 16.2. The van der Waals surface area contributed by atoms with Gasteiger partial charge < -0.3 is 5.32 Å². The third kappa shape index (κ3) is 4.31. The summed E-state index contributed by atoms with van der Waals surface area (Å²) < 4.78 is 23.6. The first-order chi connectivity index (χ1) is 8.65. The Morgan fingerprint density at radius 1 is 1.26 bits per heavy atom. The van der Waals surface area contributed by atoms with E-state index in [1.54, 1.807) is 39.0 Å². The van der Waals surface area contributed by atoms with Crippen LogP contribution in [-0.4, -0.2) is 31.4 Å². The molecule has 1 amide bonds. The van der Waals surface area contributed by atoms with Gasteiger partial charge >= 0.3 is 0 Å². The predicted octanol–water partition coefficient (Wildman–Crippen LogP) is 2.39. The minimum atomic E-state index is -3.21. The molecule has 0 saturated heterocycles. The summed E-state index contributed by atoms with van der Waals surface area (Å²) in [5, 5.41) is 2.62. The second kappa shape index (κ2) is 6.05. The highest BCUT2D eigenvalue weighted by Gasteiger charge is 2.28. The molecule has 1 rings (SSSR count). The molecule has 0 aliphatic rings. The summed E-state index contributed by atoms with van der Waals surface area (Å²) >= 11 is 3.28. The second-order valence-corrected chi connectivity index (χ2v) is 8.88. The molecule has 0 aliphatic carbocycles. The minimum Gasteiger partial charge on any atom is -0.351 e. The van der Waals surface area contributed by atoms with Gasteiger partial charge in [-0.25, -0.2) is 8.42 Å². The van der Waals surface area contributed by atoms with Crippen molar-refractivity contribution in [3.05, 3.63) is 34.3 Å². The SMILES string of the molecule is CC(C)(C)S(=O)(=O)CCNC(=O)c1ccccc1Br. The maximum absolute atomic E-state index is 11.9. The molecule has 0 saturated carbocycles. The summed E-state index contributed by atoms with van der Waals surface area (Å²) in [5.74, 6) is -0.344. The fourth-order valence-electron chi connectivity index (χ4n) is 1.35. The zero-order valence-corrected chi connectivity index (χ0v) is 13.6. The van der Waals surface area contributed by atoms with E-state index in [0.717, 1.165) is 0 Å². The van der Waals surface area contributed by atoms with Crippen LogP contribution in [0.25, 0.3) is 0 Å². The molecular formula is C13H18BrNO3S. The second-order valence-electron chi connectivity index (χ2n) is 5.17. The molecule has 0 aliphatic heterocycles. The quantitative estimate of drug-likeness (QED) is 0.909. The van der Waals surface area contributed by atoms with E-state index in [4.69, 9.17) is 0 Å². The predicted molar refractivity (Wildman–Crippen MR) is 80.0 cm³/mol. The van der Waals surface area contributed by atoms with Crippen LogP contribution in [0, 0.1) is 0 Å². The first-order valence-corrected chi connectivity index (χ1v) is 8.35. The number of hydrogen-bond acceptors (Lipinski definition) is 3. The molecule has 0 radical (unpaired) electrons. The highest BCUT2D eigenvalue weighted by molar-refractivity contribution is 9.10. The molecule has 0 heterocycles. The Bertz CT molecular complexity index is 561. The third-order valence-corrected chi connectivity index (χ3v) is 6.01. The van der Waals surface area contributed by atoms with Gasteiger partial charge in [0.25, 0.3) is 5.91 Å². The highest BCUT2D eigenvalue weighted by atomic mass is 79.9. The van der Waals surface area contributed by atoms with Crippen molar-refractivity contribution in [2.75, 3.05) is 12.3 Å².